The molecule has 0 saturated carbocycles. The van der Waals surface area contributed by atoms with Crippen LogP contribution >= 0.6 is 0 Å². The van der Waals surface area contributed by atoms with Crippen molar-refractivity contribution in [2.75, 3.05) is 13.2 Å². The van der Waals surface area contributed by atoms with Gasteiger partial charge >= 0.3 is 5.97 Å². The summed E-state index contributed by atoms with van der Waals surface area (Å²) in [4.78, 5) is 11.2. The Balaban J connectivity index is 2.31. The van der Waals surface area contributed by atoms with Crippen molar-refractivity contribution in [1.29, 1.82) is 0 Å². The highest BCUT2D eigenvalue weighted by molar-refractivity contribution is 5.73. The second-order valence-corrected chi connectivity index (χ2v) is 3.20. The van der Waals surface area contributed by atoms with Crippen molar-refractivity contribution >= 4 is 5.97 Å². The van der Waals surface area contributed by atoms with Gasteiger partial charge in [-0.15, -0.1) is 0 Å². The molecule has 0 bridgehead atoms. The molecule has 1 N–H and O–H groups in total. The molecule has 3 nitrogen and oxygen atoms in total. The molecular weight excluding hydrogens is 154 g/mol. The van der Waals surface area contributed by atoms with E-state index in [-0.39, 0.29) is 11.9 Å². The van der Waals surface area contributed by atoms with Crippen LogP contribution in [0.4, 0.5) is 0 Å². The zero-order chi connectivity index (χ0) is 8.97. The van der Waals surface area contributed by atoms with Gasteiger partial charge in [0.05, 0.1) is 12.5 Å². The molecule has 1 saturated heterocycles. The van der Waals surface area contributed by atoms with Gasteiger partial charge in [0.1, 0.15) is 0 Å². The summed E-state index contributed by atoms with van der Waals surface area (Å²) >= 11 is 0. The highest BCUT2D eigenvalue weighted by Crippen LogP contribution is 2.17. The van der Waals surface area contributed by atoms with Gasteiger partial charge in [0.25, 0.3) is 0 Å². The third-order valence-corrected chi connectivity index (χ3v) is 2.33. The van der Waals surface area contributed by atoms with Crippen molar-refractivity contribution in [1.82, 2.24) is 5.32 Å². The molecule has 1 unspecified atom stereocenters. The van der Waals surface area contributed by atoms with Crippen LogP contribution < -0.4 is 5.32 Å². The van der Waals surface area contributed by atoms with Gasteiger partial charge < -0.3 is 10.1 Å². The molecular formula is C9H17NO2. The Morgan fingerprint density at radius 3 is 2.83 bits per heavy atom. The molecule has 3 heteroatoms. The van der Waals surface area contributed by atoms with Crippen LogP contribution in [-0.4, -0.2) is 25.2 Å². The second kappa shape index (κ2) is 4.45. The lowest BCUT2D eigenvalue weighted by Crippen LogP contribution is -2.21. The highest BCUT2D eigenvalue weighted by atomic mass is 16.5. The van der Waals surface area contributed by atoms with Crippen molar-refractivity contribution in [3.63, 3.8) is 0 Å². The monoisotopic (exact) mass is 171 g/mol. The fraction of sp³-hybridized carbons (Fsp3) is 0.889. The predicted octanol–water partition coefficient (Wildman–Crippen LogP) is 0.938. The van der Waals surface area contributed by atoms with E-state index in [1.165, 1.54) is 0 Å². The summed E-state index contributed by atoms with van der Waals surface area (Å²) in [7, 11) is 0. The number of rotatable bonds is 3. The number of ether oxygens (including phenoxy) is 1. The maximum atomic E-state index is 11.2. The molecule has 1 heterocycles. The summed E-state index contributed by atoms with van der Waals surface area (Å²) in [5, 5.41) is 3.29. The van der Waals surface area contributed by atoms with Crippen molar-refractivity contribution in [3.05, 3.63) is 0 Å². The minimum atomic E-state index is -0.0408. The maximum absolute atomic E-state index is 11.2. The first-order chi connectivity index (χ1) is 5.77. The first-order valence-corrected chi connectivity index (χ1v) is 4.68. The van der Waals surface area contributed by atoms with Crippen LogP contribution in [0.25, 0.3) is 0 Å². The fourth-order valence-electron chi connectivity index (χ4n) is 1.57. The average Bonchev–Trinajstić information content (AvgIpc) is 2.52. The van der Waals surface area contributed by atoms with E-state index in [1.54, 1.807) is 0 Å². The molecule has 1 aliphatic rings. The zero-order valence-electron chi connectivity index (χ0n) is 7.80. The van der Waals surface area contributed by atoms with E-state index < -0.39 is 0 Å². The van der Waals surface area contributed by atoms with E-state index in [9.17, 15) is 4.79 Å². The molecule has 0 aliphatic carbocycles. The van der Waals surface area contributed by atoms with Crippen LogP contribution in [0.2, 0.25) is 0 Å². The summed E-state index contributed by atoms with van der Waals surface area (Å²) in [6.45, 7) is 5.26. The Hall–Kier alpha value is -0.570. The largest absolute Gasteiger partial charge is 0.466 e. The lowest BCUT2D eigenvalue weighted by atomic mass is 10.0. The third-order valence-electron chi connectivity index (χ3n) is 2.33. The van der Waals surface area contributed by atoms with Crippen LogP contribution in [0.5, 0.6) is 0 Å². The number of hydrogen-bond donors (Lipinski definition) is 1. The zero-order valence-corrected chi connectivity index (χ0v) is 7.80. The summed E-state index contributed by atoms with van der Waals surface area (Å²) < 4.78 is 4.94. The molecule has 2 atom stereocenters. The molecule has 0 aromatic rings. The smallest absolute Gasteiger partial charge is 0.310 e. The van der Waals surface area contributed by atoms with E-state index in [0.717, 1.165) is 19.4 Å². The van der Waals surface area contributed by atoms with E-state index in [0.29, 0.717) is 12.6 Å². The van der Waals surface area contributed by atoms with Gasteiger partial charge in [0.2, 0.25) is 0 Å². The summed E-state index contributed by atoms with van der Waals surface area (Å²) in [5.41, 5.74) is 0. The highest BCUT2D eigenvalue weighted by Gasteiger charge is 2.29. The molecule has 1 fully saturated rings. The molecule has 12 heavy (non-hydrogen) atoms. The number of carbonyl (C=O) groups is 1. The predicted molar refractivity (Wildman–Crippen MR) is 46.8 cm³/mol. The summed E-state index contributed by atoms with van der Waals surface area (Å²) in [5.74, 6) is 0.0517. The Morgan fingerprint density at radius 2 is 2.33 bits per heavy atom. The quantitative estimate of drug-likeness (QED) is 0.642. The fourth-order valence-corrected chi connectivity index (χ4v) is 1.57. The van der Waals surface area contributed by atoms with Gasteiger partial charge in [-0.05, 0) is 19.8 Å². The van der Waals surface area contributed by atoms with Crippen LogP contribution in [0.1, 0.15) is 26.7 Å². The molecule has 70 valence electrons. The molecule has 0 spiro atoms. The summed E-state index contributed by atoms with van der Waals surface area (Å²) in [6, 6.07) is 0.513. The van der Waals surface area contributed by atoms with Crippen molar-refractivity contribution in [2.45, 2.75) is 32.7 Å². The molecule has 1 rings (SSSR count). The van der Waals surface area contributed by atoms with Gasteiger partial charge in [-0.2, -0.15) is 0 Å². The number of esters is 1. The van der Waals surface area contributed by atoms with Crippen LogP contribution in [0.3, 0.4) is 0 Å². The molecule has 0 radical (unpaired) electrons. The Bertz CT molecular complexity index is 159. The van der Waals surface area contributed by atoms with Crippen molar-refractivity contribution < 1.29 is 9.53 Å². The van der Waals surface area contributed by atoms with Crippen LogP contribution in [-0.2, 0) is 9.53 Å². The molecule has 0 aromatic carbocycles. The number of carbonyl (C=O) groups excluding carboxylic acids is 1. The standard InChI is InChI=1S/C9H17NO2/c1-3-8-5-7(6-10-8)9(11)12-4-2/h7-8,10H,3-6H2,1-2H3/t7-,8?/m1/s1. The Kier molecular flexibility index (Phi) is 3.53. The topological polar surface area (TPSA) is 38.3 Å². The van der Waals surface area contributed by atoms with Crippen LogP contribution in [0, 0.1) is 5.92 Å². The molecule has 0 aromatic heterocycles. The Labute approximate surface area is 73.5 Å². The second-order valence-electron chi connectivity index (χ2n) is 3.20. The van der Waals surface area contributed by atoms with Crippen molar-refractivity contribution in [2.24, 2.45) is 5.92 Å². The minimum Gasteiger partial charge on any atom is -0.466 e. The van der Waals surface area contributed by atoms with Gasteiger partial charge in [0, 0.05) is 12.6 Å². The first-order valence-electron chi connectivity index (χ1n) is 4.68. The minimum absolute atomic E-state index is 0.0408. The van der Waals surface area contributed by atoms with E-state index in [2.05, 4.69) is 12.2 Å². The van der Waals surface area contributed by atoms with Gasteiger partial charge in [0.15, 0.2) is 0 Å². The van der Waals surface area contributed by atoms with Gasteiger partial charge in [-0.1, -0.05) is 6.92 Å². The molecule has 1 aliphatic heterocycles. The lowest BCUT2D eigenvalue weighted by molar-refractivity contribution is -0.147. The van der Waals surface area contributed by atoms with E-state index >= 15 is 0 Å². The summed E-state index contributed by atoms with van der Waals surface area (Å²) in [6.07, 6.45) is 2.03. The van der Waals surface area contributed by atoms with E-state index in [4.69, 9.17) is 4.74 Å². The van der Waals surface area contributed by atoms with Gasteiger partial charge in [-0.3, -0.25) is 4.79 Å². The first kappa shape index (κ1) is 9.52. The van der Waals surface area contributed by atoms with Gasteiger partial charge in [-0.25, -0.2) is 0 Å². The average molecular weight is 171 g/mol. The maximum Gasteiger partial charge on any atom is 0.310 e. The number of nitrogens with one attached hydrogen (secondary N) is 1. The molecule has 0 amide bonds. The van der Waals surface area contributed by atoms with E-state index in [1.807, 2.05) is 6.92 Å². The number of hydrogen-bond acceptors (Lipinski definition) is 3. The van der Waals surface area contributed by atoms with Crippen molar-refractivity contribution in [3.8, 4) is 0 Å². The normalized spacial score (nSPS) is 28.8. The SMILES string of the molecule is CCOC(=O)[C@H]1CNC(CC)C1. The van der Waals surface area contributed by atoms with Crippen LogP contribution in [0.15, 0.2) is 0 Å². The Morgan fingerprint density at radius 1 is 1.58 bits per heavy atom. The lowest BCUT2D eigenvalue weighted by Gasteiger charge is -2.07. The third kappa shape index (κ3) is 2.21.